The number of nitrogens with zero attached hydrogens (tertiary/aromatic N) is 2. The average molecular weight is 299 g/mol. The molecule has 0 aliphatic carbocycles. The molecule has 2 fully saturated rings. The molecular formula is C14H25N3O4. The number of hydrazine groups is 1. The first-order valence-electron chi connectivity index (χ1n) is 7.69. The fraction of sp³-hybridized carbons (Fsp3) is 0.857. The number of carbonyl (C=O) groups excluding carboxylic acids is 1. The van der Waals surface area contributed by atoms with Crippen molar-refractivity contribution in [3.8, 4) is 0 Å². The molecule has 2 amide bonds. The van der Waals surface area contributed by atoms with Gasteiger partial charge in [-0.3, -0.25) is 10.2 Å². The van der Waals surface area contributed by atoms with Gasteiger partial charge in [-0.2, -0.15) is 0 Å². The van der Waals surface area contributed by atoms with Crippen LogP contribution >= 0.6 is 0 Å². The predicted octanol–water partition coefficient (Wildman–Crippen LogP) is 0.910. The number of amides is 2. The monoisotopic (exact) mass is 299 g/mol. The Hall–Kier alpha value is -1.34. The van der Waals surface area contributed by atoms with Crippen molar-refractivity contribution in [2.24, 2.45) is 5.41 Å². The van der Waals surface area contributed by atoms with E-state index in [1.807, 2.05) is 11.9 Å². The summed E-state index contributed by atoms with van der Waals surface area (Å²) >= 11 is 0. The lowest BCUT2D eigenvalue weighted by Gasteiger charge is -2.40. The van der Waals surface area contributed by atoms with Crippen molar-refractivity contribution < 1.29 is 19.4 Å². The molecule has 0 aromatic heterocycles. The van der Waals surface area contributed by atoms with Crippen LogP contribution in [0.3, 0.4) is 0 Å². The van der Waals surface area contributed by atoms with Crippen LogP contribution < -0.4 is 5.43 Å². The molecule has 2 N–H and O–H groups in total. The number of hydrogen-bond acceptors (Lipinski definition) is 4. The maximum Gasteiger partial charge on any atom is 0.331 e. The van der Waals surface area contributed by atoms with E-state index in [0.717, 1.165) is 12.8 Å². The second kappa shape index (κ2) is 7.09. The van der Waals surface area contributed by atoms with E-state index in [0.29, 0.717) is 52.2 Å². The van der Waals surface area contributed by atoms with Crippen LogP contribution in [0.1, 0.15) is 32.6 Å². The van der Waals surface area contributed by atoms with E-state index in [-0.39, 0.29) is 6.03 Å². The van der Waals surface area contributed by atoms with E-state index in [1.54, 1.807) is 4.90 Å². The van der Waals surface area contributed by atoms with Crippen LogP contribution in [0.5, 0.6) is 0 Å². The summed E-state index contributed by atoms with van der Waals surface area (Å²) in [6, 6.07) is -0.196. The first-order valence-corrected chi connectivity index (χ1v) is 7.69. The van der Waals surface area contributed by atoms with Gasteiger partial charge in [0, 0.05) is 26.2 Å². The standard InChI is InChI=1S/C14H25N3O4/c1-2-4-14(12(18)19)5-3-6-16(11-14)13(20)15-17-7-9-21-10-8-17/h2-11H2,1H3,(H,15,20)(H,18,19). The van der Waals surface area contributed by atoms with E-state index in [2.05, 4.69) is 5.43 Å². The molecule has 2 saturated heterocycles. The van der Waals surface area contributed by atoms with E-state index >= 15 is 0 Å². The summed E-state index contributed by atoms with van der Waals surface area (Å²) in [4.78, 5) is 25.6. The van der Waals surface area contributed by atoms with Crippen LogP contribution in [0.4, 0.5) is 4.79 Å². The van der Waals surface area contributed by atoms with Gasteiger partial charge in [-0.05, 0) is 19.3 Å². The highest BCUT2D eigenvalue weighted by Gasteiger charge is 2.43. The molecule has 7 nitrogen and oxygen atoms in total. The summed E-state index contributed by atoms with van der Waals surface area (Å²) < 4.78 is 5.24. The number of hydrogen-bond donors (Lipinski definition) is 2. The van der Waals surface area contributed by atoms with Gasteiger partial charge in [-0.15, -0.1) is 0 Å². The Balaban J connectivity index is 1.95. The highest BCUT2D eigenvalue weighted by atomic mass is 16.5. The molecule has 120 valence electrons. The Kier molecular flexibility index (Phi) is 5.41. The number of nitrogens with one attached hydrogen (secondary N) is 1. The number of piperidine rings is 1. The van der Waals surface area contributed by atoms with Crippen LogP contribution in [-0.2, 0) is 9.53 Å². The fourth-order valence-corrected chi connectivity index (χ4v) is 3.15. The number of rotatable bonds is 4. The summed E-state index contributed by atoms with van der Waals surface area (Å²) in [5, 5.41) is 11.4. The third kappa shape index (κ3) is 3.85. The van der Waals surface area contributed by atoms with Crippen molar-refractivity contribution in [1.29, 1.82) is 0 Å². The highest BCUT2D eigenvalue weighted by molar-refractivity contribution is 5.78. The molecule has 0 radical (unpaired) electrons. The van der Waals surface area contributed by atoms with Crippen LogP contribution in [0.2, 0.25) is 0 Å². The predicted molar refractivity (Wildman–Crippen MR) is 76.7 cm³/mol. The fourth-order valence-electron chi connectivity index (χ4n) is 3.15. The molecule has 0 saturated carbocycles. The minimum atomic E-state index is -0.784. The number of likely N-dealkylation sites (tertiary alicyclic amines) is 1. The quantitative estimate of drug-likeness (QED) is 0.806. The second-order valence-corrected chi connectivity index (χ2v) is 5.88. The van der Waals surface area contributed by atoms with Gasteiger partial charge in [-0.1, -0.05) is 13.3 Å². The van der Waals surface area contributed by atoms with Crippen molar-refractivity contribution in [3.05, 3.63) is 0 Å². The molecule has 2 heterocycles. The number of carboxylic acid groups (broad SMARTS) is 1. The zero-order chi connectivity index (χ0) is 15.3. The van der Waals surface area contributed by atoms with Crippen molar-refractivity contribution in [2.75, 3.05) is 39.4 Å². The SMILES string of the molecule is CCCC1(C(=O)O)CCCN(C(=O)NN2CCOCC2)C1. The molecule has 2 aliphatic rings. The van der Waals surface area contributed by atoms with Crippen LogP contribution in [-0.4, -0.2) is 66.4 Å². The number of aliphatic carboxylic acids is 1. The minimum Gasteiger partial charge on any atom is -0.481 e. The molecule has 0 spiro atoms. The van der Waals surface area contributed by atoms with Gasteiger partial charge in [0.15, 0.2) is 0 Å². The molecule has 21 heavy (non-hydrogen) atoms. The maximum absolute atomic E-state index is 12.3. The third-order valence-corrected chi connectivity index (χ3v) is 4.31. The summed E-state index contributed by atoms with van der Waals surface area (Å²) in [5.41, 5.74) is 2.07. The van der Waals surface area contributed by atoms with Gasteiger partial charge in [0.05, 0.1) is 18.6 Å². The van der Waals surface area contributed by atoms with Crippen LogP contribution in [0.25, 0.3) is 0 Å². The molecular weight excluding hydrogens is 274 g/mol. The zero-order valence-corrected chi connectivity index (χ0v) is 12.6. The van der Waals surface area contributed by atoms with E-state index in [1.165, 1.54) is 0 Å². The molecule has 0 bridgehead atoms. The number of carboxylic acids is 1. The summed E-state index contributed by atoms with van der Waals surface area (Å²) in [6.07, 6.45) is 2.81. The van der Waals surface area contributed by atoms with Gasteiger partial charge in [0.2, 0.25) is 0 Å². The van der Waals surface area contributed by atoms with Gasteiger partial charge >= 0.3 is 12.0 Å². The normalized spacial score (nSPS) is 27.4. The maximum atomic E-state index is 12.3. The number of carbonyl (C=O) groups is 2. The Morgan fingerprint density at radius 1 is 1.29 bits per heavy atom. The summed E-state index contributed by atoms with van der Waals surface area (Å²) in [6.45, 7) is 5.44. The first kappa shape index (κ1) is 16.0. The molecule has 0 aromatic carbocycles. The molecule has 2 rings (SSSR count). The highest BCUT2D eigenvalue weighted by Crippen LogP contribution is 2.35. The third-order valence-electron chi connectivity index (χ3n) is 4.31. The number of morpholine rings is 1. The lowest BCUT2D eigenvalue weighted by atomic mass is 9.76. The first-order chi connectivity index (χ1) is 10.1. The topological polar surface area (TPSA) is 82.1 Å². The molecule has 0 aromatic rings. The van der Waals surface area contributed by atoms with E-state index in [4.69, 9.17) is 4.74 Å². The molecule has 1 atom stereocenters. The Labute approximate surface area is 125 Å². The summed E-state index contributed by atoms with van der Waals surface area (Å²) in [5.74, 6) is -0.784. The smallest absolute Gasteiger partial charge is 0.331 e. The largest absolute Gasteiger partial charge is 0.481 e. The van der Waals surface area contributed by atoms with Crippen LogP contribution in [0.15, 0.2) is 0 Å². The van der Waals surface area contributed by atoms with Gasteiger partial charge in [-0.25, -0.2) is 9.80 Å². The number of ether oxygens (including phenoxy) is 1. The van der Waals surface area contributed by atoms with Crippen molar-refractivity contribution in [3.63, 3.8) is 0 Å². The van der Waals surface area contributed by atoms with E-state index in [9.17, 15) is 14.7 Å². The van der Waals surface area contributed by atoms with Crippen LogP contribution in [0, 0.1) is 5.41 Å². The zero-order valence-electron chi connectivity index (χ0n) is 12.6. The Bertz CT molecular complexity index is 380. The average Bonchev–Trinajstić information content (AvgIpc) is 2.48. The van der Waals surface area contributed by atoms with Gasteiger partial charge in [0.25, 0.3) is 0 Å². The molecule has 2 aliphatic heterocycles. The van der Waals surface area contributed by atoms with Crippen molar-refractivity contribution in [1.82, 2.24) is 15.3 Å². The lowest BCUT2D eigenvalue weighted by Crippen LogP contribution is -2.57. The second-order valence-electron chi connectivity index (χ2n) is 5.88. The molecule has 7 heteroatoms. The van der Waals surface area contributed by atoms with Crippen molar-refractivity contribution in [2.45, 2.75) is 32.6 Å². The van der Waals surface area contributed by atoms with Crippen molar-refractivity contribution >= 4 is 12.0 Å². The summed E-state index contributed by atoms with van der Waals surface area (Å²) in [7, 11) is 0. The Morgan fingerprint density at radius 3 is 2.62 bits per heavy atom. The van der Waals surface area contributed by atoms with E-state index < -0.39 is 11.4 Å². The molecule has 1 unspecified atom stereocenters. The van der Waals surface area contributed by atoms with Gasteiger partial charge < -0.3 is 14.7 Å². The number of urea groups is 1. The van der Waals surface area contributed by atoms with Gasteiger partial charge in [0.1, 0.15) is 0 Å². The minimum absolute atomic E-state index is 0.196. The lowest BCUT2D eigenvalue weighted by molar-refractivity contribution is -0.152. The Morgan fingerprint density at radius 2 is 2.00 bits per heavy atom.